The Morgan fingerprint density at radius 1 is 1.42 bits per heavy atom. The maximum absolute atomic E-state index is 13.1. The first-order chi connectivity index (χ1) is 9.15. The molecule has 0 atom stereocenters. The van der Waals surface area contributed by atoms with Gasteiger partial charge in [0.1, 0.15) is 0 Å². The molecule has 1 heterocycles. The van der Waals surface area contributed by atoms with E-state index in [0.29, 0.717) is 18.0 Å². The molecule has 1 aromatic rings. The van der Waals surface area contributed by atoms with Crippen molar-refractivity contribution in [3.8, 4) is 5.75 Å². The van der Waals surface area contributed by atoms with Crippen LogP contribution in [0.15, 0.2) is 18.2 Å². The fourth-order valence-corrected chi connectivity index (χ4v) is 2.31. The highest BCUT2D eigenvalue weighted by Gasteiger charge is 2.14. The van der Waals surface area contributed by atoms with E-state index in [1.165, 1.54) is 12.1 Å². The predicted octanol–water partition coefficient (Wildman–Crippen LogP) is 2.25. The second-order valence-corrected chi connectivity index (χ2v) is 4.95. The molecule has 0 spiro atoms. The number of halogens is 1. The van der Waals surface area contributed by atoms with E-state index in [1.807, 2.05) is 0 Å². The van der Waals surface area contributed by atoms with Crippen molar-refractivity contribution in [3.63, 3.8) is 0 Å². The van der Waals surface area contributed by atoms with E-state index in [2.05, 4.69) is 10.6 Å². The average molecular weight is 266 g/mol. The van der Waals surface area contributed by atoms with Crippen molar-refractivity contribution in [3.05, 3.63) is 24.0 Å². The normalized spacial score (nSPS) is 16.3. The zero-order valence-electron chi connectivity index (χ0n) is 10.8. The molecular weight excluding hydrogens is 247 g/mol. The number of piperidine rings is 1. The Bertz CT molecular complexity index is 445. The maximum Gasteiger partial charge on any atom is 0.224 e. The van der Waals surface area contributed by atoms with Crippen molar-refractivity contribution in [2.45, 2.75) is 25.7 Å². The number of nitrogens with one attached hydrogen (secondary N) is 2. The lowest BCUT2D eigenvalue weighted by Crippen LogP contribution is -2.28. The Morgan fingerprint density at radius 3 is 2.84 bits per heavy atom. The molecule has 0 bridgehead atoms. The van der Waals surface area contributed by atoms with Crippen molar-refractivity contribution >= 4 is 11.6 Å². The number of rotatable bonds is 4. The molecule has 5 heteroatoms. The van der Waals surface area contributed by atoms with Gasteiger partial charge in [0.2, 0.25) is 5.91 Å². The molecule has 0 saturated carbocycles. The summed E-state index contributed by atoms with van der Waals surface area (Å²) in [6, 6.07) is 3.84. The Balaban J connectivity index is 1.78. The predicted molar refractivity (Wildman–Crippen MR) is 71.5 cm³/mol. The molecule has 1 aliphatic heterocycles. The van der Waals surface area contributed by atoms with Gasteiger partial charge in [-0.3, -0.25) is 4.79 Å². The van der Waals surface area contributed by atoms with Crippen LogP contribution in [-0.2, 0) is 4.79 Å². The van der Waals surface area contributed by atoms with Gasteiger partial charge in [-0.1, -0.05) is 0 Å². The Kier molecular flexibility index (Phi) is 4.74. The molecule has 0 unspecified atom stereocenters. The van der Waals surface area contributed by atoms with Crippen molar-refractivity contribution in [1.29, 1.82) is 0 Å². The van der Waals surface area contributed by atoms with E-state index >= 15 is 0 Å². The fourth-order valence-electron chi connectivity index (χ4n) is 2.31. The van der Waals surface area contributed by atoms with Gasteiger partial charge in [-0.15, -0.1) is 0 Å². The van der Waals surface area contributed by atoms with Gasteiger partial charge < -0.3 is 15.7 Å². The number of benzene rings is 1. The van der Waals surface area contributed by atoms with Crippen LogP contribution in [0.25, 0.3) is 0 Å². The summed E-state index contributed by atoms with van der Waals surface area (Å²) in [4.78, 5) is 11.7. The molecule has 1 aliphatic rings. The molecule has 19 heavy (non-hydrogen) atoms. The van der Waals surface area contributed by atoms with Crippen molar-refractivity contribution in [2.24, 2.45) is 5.92 Å². The fraction of sp³-hybridized carbons (Fsp3) is 0.500. The van der Waals surface area contributed by atoms with Crippen LogP contribution in [-0.4, -0.2) is 24.1 Å². The summed E-state index contributed by atoms with van der Waals surface area (Å²) < 4.78 is 13.1. The molecular formula is C14H19FN2O2. The highest BCUT2D eigenvalue weighted by Crippen LogP contribution is 2.21. The SMILES string of the molecule is O=C(CCC1CCNCC1)Nc1ccc(O)c(F)c1. The lowest BCUT2D eigenvalue weighted by Gasteiger charge is -2.22. The van der Waals surface area contributed by atoms with Crippen LogP contribution in [0.1, 0.15) is 25.7 Å². The summed E-state index contributed by atoms with van der Waals surface area (Å²) in [5, 5.41) is 15.0. The van der Waals surface area contributed by atoms with Crippen LogP contribution >= 0.6 is 0 Å². The van der Waals surface area contributed by atoms with Crippen molar-refractivity contribution in [1.82, 2.24) is 5.32 Å². The molecule has 2 rings (SSSR count). The number of aromatic hydroxyl groups is 1. The first-order valence-corrected chi connectivity index (χ1v) is 6.64. The largest absolute Gasteiger partial charge is 0.505 e. The molecule has 0 radical (unpaired) electrons. The monoisotopic (exact) mass is 266 g/mol. The number of carbonyl (C=O) groups is 1. The molecule has 3 N–H and O–H groups in total. The first-order valence-electron chi connectivity index (χ1n) is 6.64. The average Bonchev–Trinajstić information content (AvgIpc) is 2.42. The number of hydrogen-bond acceptors (Lipinski definition) is 3. The third-order valence-corrected chi connectivity index (χ3v) is 3.47. The smallest absolute Gasteiger partial charge is 0.224 e. The Labute approximate surface area is 112 Å². The van der Waals surface area contributed by atoms with Gasteiger partial charge in [-0.25, -0.2) is 4.39 Å². The highest BCUT2D eigenvalue weighted by molar-refractivity contribution is 5.90. The number of carbonyl (C=O) groups excluding carboxylic acids is 1. The van der Waals surface area contributed by atoms with E-state index in [9.17, 15) is 9.18 Å². The minimum atomic E-state index is -0.726. The summed E-state index contributed by atoms with van der Waals surface area (Å²) >= 11 is 0. The number of amides is 1. The Morgan fingerprint density at radius 2 is 2.16 bits per heavy atom. The number of anilines is 1. The summed E-state index contributed by atoms with van der Waals surface area (Å²) in [5.41, 5.74) is 0.380. The van der Waals surface area contributed by atoms with Gasteiger partial charge in [0.15, 0.2) is 11.6 Å². The standard InChI is InChI=1S/C14H19FN2O2/c15-12-9-11(2-3-13(12)18)17-14(19)4-1-10-5-7-16-8-6-10/h2-3,9-10,16,18H,1,4-8H2,(H,17,19). The second kappa shape index (κ2) is 6.52. The van der Waals surface area contributed by atoms with Crippen LogP contribution < -0.4 is 10.6 Å². The highest BCUT2D eigenvalue weighted by atomic mass is 19.1. The second-order valence-electron chi connectivity index (χ2n) is 4.95. The first kappa shape index (κ1) is 13.8. The van der Waals surface area contributed by atoms with Gasteiger partial charge in [0, 0.05) is 18.2 Å². The summed E-state index contributed by atoms with van der Waals surface area (Å²) in [6.45, 7) is 2.05. The van der Waals surface area contributed by atoms with Gasteiger partial charge in [-0.05, 0) is 50.4 Å². The molecule has 1 fully saturated rings. The number of phenols is 1. The molecule has 1 amide bonds. The number of phenolic OH excluding ortho intramolecular Hbond substituents is 1. The lowest BCUT2D eigenvalue weighted by molar-refractivity contribution is -0.116. The van der Waals surface area contributed by atoms with E-state index < -0.39 is 11.6 Å². The van der Waals surface area contributed by atoms with Crippen molar-refractivity contribution < 1.29 is 14.3 Å². The molecule has 1 saturated heterocycles. The molecule has 104 valence electrons. The molecule has 0 aliphatic carbocycles. The van der Waals surface area contributed by atoms with E-state index in [-0.39, 0.29) is 5.91 Å². The van der Waals surface area contributed by atoms with Crippen molar-refractivity contribution in [2.75, 3.05) is 18.4 Å². The minimum Gasteiger partial charge on any atom is -0.505 e. The van der Waals surface area contributed by atoms with E-state index in [1.54, 1.807) is 0 Å². The summed E-state index contributed by atoms with van der Waals surface area (Å²) in [5.74, 6) is -0.643. The zero-order valence-corrected chi connectivity index (χ0v) is 10.8. The molecule has 0 aromatic heterocycles. The third kappa shape index (κ3) is 4.21. The molecule has 1 aromatic carbocycles. The van der Waals surface area contributed by atoms with Crippen LogP contribution in [0.3, 0.4) is 0 Å². The summed E-state index contributed by atoms with van der Waals surface area (Å²) in [6.07, 6.45) is 3.55. The Hall–Kier alpha value is -1.62. The van der Waals surface area contributed by atoms with Crippen LogP contribution in [0, 0.1) is 11.7 Å². The lowest BCUT2D eigenvalue weighted by atomic mass is 9.93. The number of hydrogen-bond donors (Lipinski definition) is 3. The minimum absolute atomic E-state index is 0.108. The third-order valence-electron chi connectivity index (χ3n) is 3.47. The van der Waals surface area contributed by atoms with Gasteiger partial charge >= 0.3 is 0 Å². The topological polar surface area (TPSA) is 61.4 Å². The van der Waals surface area contributed by atoms with Crippen LogP contribution in [0.2, 0.25) is 0 Å². The van der Waals surface area contributed by atoms with Gasteiger partial charge in [0.05, 0.1) is 0 Å². The van der Waals surface area contributed by atoms with Gasteiger partial charge in [-0.2, -0.15) is 0 Å². The van der Waals surface area contributed by atoms with Crippen LogP contribution in [0.5, 0.6) is 5.75 Å². The summed E-state index contributed by atoms with van der Waals surface area (Å²) in [7, 11) is 0. The van der Waals surface area contributed by atoms with Crippen LogP contribution in [0.4, 0.5) is 10.1 Å². The van der Waals surface area contributed by atoms with E-state index in [4.69, 9.17) is 5.11 Å². The van der Waals surface area contributed by atoms with E-state index in [0.717, 1.165) is 38.4 Å². The molecule has 4 nitrogen and oxygen atoms in total. The zero-order chi connectivity index (χ0) is 13.7. The quantitative estimate of drug-likeness (QED) is 0.732. The maximum atomic E-state index is 13.1. The van der Waals surface area contributed by atoms with Gasteiger partial charge in [0.25, 0.3) is 0 Å².